The molecule has 4 rings (SSSR count). The summed E-state index contributed by atoms with van der Waals surface area (Å²) >= 11 is 2.00. The maximum absolute atomic E-state index is 10.6. The third-order valence-electron chi connectivity index (χ3n) is 6.15. The third-order valence-corrected chi connectivity index (χ3v) is 7.94. The van der Waals surface area contributed by atoms with E-state index in [2.05, 4.69) is 50.0 Å². The summed E-state index contributed by atoms with van der Waals surface area (Å²) in [6.45, 7) is 12.2. The number of halogens is 3. The number of hydrogen-bond acceptors (Lipinski definition) is 5. The topological polar surface area (TPSA) is 67.6 Å². The number of piperidine rings is 1. The van der Waals surface area contributed by atoms with Crippen LogP contribution in [0, 0.1) is 0 Å². The molecule has 0 radical (unpaired) electrons. The number of nitrogens with zero attached hydrogens (tertiary/aromatic N) is 3. The zero-order chi connectivity index (χ0) is 24.6. The molecule has 6 nitrogen and oxygen atoms in total. The fourth-order valence-corrected chi connectivity index (χ4v) is 5.85. The highest BCUT2D eigenvalue weighted by Gasteiger charge is 2.45. The molecule has 0 amide bonds. The molecule has 2 aromatic heterocycles. The number of carbonyl (C=O) groups is 1. The quantitative estimate of drug-likeness (QED) is 0.655. The zero-order valence-electron chi connectivity index (χ0n) is 19.7. The minimum absolute atomic E-state index is 0.0629. The molecule has 1 fully saturated rings. The van der Waals surface area contributed by atoms with E-state index in [4.69, 9.17) is 14.6 Å². The minimum atomic E-state index is -5.08. The van der Waals surface area contributed by atoms with Crippen molar-refractivity contribution in [2.24, 2.45) is 7.05 Å². The second kappa shape index (κ2) is 9.38. The number of aromatic nitrogens is 2. The van der Waals surface area contributed by atoms with Crippen LogP contribution < -0.4 is 0 Å². The molecule has 4 heterocycles. The van der Waals surface area contributed by atoms with E-state index in [0.717, 1.165) is 39.0 Å². The summed E-state index contributed by atoms with van der Waals surface area (Å²) < 4.78 is 40.1. The Morgan fingerprint density at radius 1 is 1.36 bits per heavy atom. The number of rotatable bonds is 2. The van der Waals surface area contributed by atoms with Gasteiger partial charge in [-0.3, -0.25) is 9.58 Å². The Kier molecular flexibility index (Phi) is 7.31. The molecule has 0 saturated carbocycles. The van der Waals surface area contributed by atoms with Crippen LogP contribution in [0.3, 0.4) is 0 Å². The summed E-state index contributed by atoms with van der Waals surface area (Å²) in [5.41, 5.74) is 2.99. The number of fused-ring (bicyclic) bond motifs is 2. The average Bonchev–Trinajstić information content (AvgIpc) is 3.31. The summed E-state index contributed by atoms with van der Waals surface area (Å²) in [4.78, 5) is 14.5. The fraction of sp³-hybridized carbons (Fsp3) is 0.652. The van der Waals surface area contributed by atoms with Crippen molar-refractivity contribution in [3.05, 3.63) is 39.3 Å². The highest BCUT2D eigenvalue weighted by atomic mass is 32.1. The number of thiophene rings is 1. The molecule has 0 bridgehead atoms. The van der Waals surface area contributed by atoms with Crippen molar-refractivity contribution in [1.29, 1.82) is 0 Å². The van der Waals surface area contributed by atoms with Crippen LogP contribution in [0.15, 0.2) is 18.5 Å². The summed E-state index contributed by atoms with van der Waals surface area (Å²) in [5.74, 6) is -2.76. The monoisotopic (exact) mass is 487 g/mol. The molecule has 10 heteroatoms. The summed E-state index contributed by atoms with van der Waals surface area (Å²) in [6.07, 6.45) is 2.28. The first-order valence-electron chi connectivity index (χ1n) is 11.0. The van der Waals surface area contributed by atoms with Crippen molar-refractivity contribution < 1.29 is 27.8 Å². The lowest BCUT2D eigenvalue weighted by Gasteiger charge is -2.47. The molecule has 2 aliphatic heterocycles. The van der Waals surface area contributed by atoms with E-state index in [9.17, 15) is 13.2 Å². The highest BCUT2D eigenvalue weighted by molar-refractivity contribution is 7.12. The maximum atomic E-state index is 10.6. The molecule has 0 unspecified atom stereocenters. The van der Waals surface area contributed by atoms with E-state index in [1.54, 1.807) is 5.56 Å². The van der Waals surface area contributed by atoms with Crippen LogP contribution >= 0.6 is 11.3 Å². The SMILES string of the molecule is C[C@H]1C[C@@]2(CCN1Cc1cnn(C)c1)OCCc1cc(C(C)(C)C)sc12.O=C(O)C(F)(F)F. The van der Waals surface area contributed by atoms with Gasteiger partial charge in [-0.05, 0) is 43.2 Å². The molecular formula is C23H32F3N3O3S. The number of aryl methyl sites for hydroxylation is 1. The smallest absolute Gasteiger partial charge is 0.475 e. The Bertz CT molecular complexity index is 980. The number of likely N-dealkylation sites (tertiary alicyclic amines) is 1. The molecule has 2 atom stereocenters. The van der Waals surface area contributed by atoms with Crippen LogP contribution in [0.1, 0.15) is 61.4 Å². The van der Waals surface area contributed by atoms with Gasteiger partial charge in [0, 0.05) is 47.7 Å². The lowest BCUT2D eigenvalue weighted by atomic mass is 9.81. The van der Waals surface area contributed by atoms with E-state index >= 15 is 0 Å². The van der Waals surface area contributed by atoms with E-state index < -0.39 is 12.1 Å². The fourth-order valence-electron chi connectivity index (χ4n) is 4.40. The molecule has 0 aliphatic carbocycles. The number of hydrogen-bond donors (Lipinski definition) is 1. The Morgan fingerprint density at radius 3 is 2.55 bits per heavy atom. The first-order valence-corrected chi connectivity index (χ1v) is 11.8. The molecule has 0 aromatic carbocycles. The van der Waals surface area contributed by atoms with Gasteiger partial charge in [-0.25, -0.2) is 4.79 Å². The molecular weight excluding hydrogens is 455 g/mol. The van der Waals surface area contributed by atoms with Crippen LogP contribution in [0.2, 0.25) is 0 Å². The van der Waals surface area contributed by atoms with Gasteiger partial charge in [0.15, 0.2) is 0 Å². The van der Waals surface area contributed by atoms with Crippen molar-refractivity contribution in [3.8, 4) is 0 Å². The number of carboxylic acids is 1. The molecule has 184 valence electrons. The molecule has 2 aromatic rings. The minimum Gasteiger partial charge on any atom is -0.475 e. The second-order valence-electron chi connectivity index (χ2n) is 9.91. The molecule has 1 N–H and O–H groups in total. The highest BCUT2D eigenvalue weighted by Crippen LogP contribution is 2.48. The summed E-state index contributed by atoms with van der Waals surface area (Å²) in [6, 6.07) is 2.96. The first kappa shape index (κ1) is 25.7. The Balaban J connectivity index is 0.000000383. The van der Waals surface area contributed by atoms with Crippen LogP contribution in [-0.4, -0.2) is 51.1 Å². The zero-order valence-corrected chi connectivity index (χ0v) is 20.5. The maximum Gasteiger partial charge on any atom is 0.490 e. The summed E-state index contributed by atoms with van der Waals surface area (Å²) in [7, 11) is 1.99. The van der Waals surface area contributed by atoms with E-state index in [-0.39, 0.29) is 11.0 Å². The van der Waals surface area contributed by atoms with Crippen LogP contribution in [0.5, 0.6) is 0 Å². The number of carboxylic acid groups (broad SMARTS) is 1. The van der Waals surface area contributed by atoms with Crippen molar-refractivity contribution >= 4 is 17.3 Å². The predicted molar refractivity (Wildman–Crippen MR) is 120 cm³/mol. The molecule has 1 spiro atoms. The van der Waals surface area contributed by atoms with Gasteiger partial charge in [0.25, 0.3) is 0 Å². The number of aliphatic carboxylic acids is 1. The van der Waals surface area contributed by atoms with Crippen molar-refractivity contribution in [2.75, 3.05) is 13.2 Å². The van der Waals surface area contributed by atoms with Crippen LogP contribution in [-0.2, 0) is 40.6 Å². The predicted octanol–water partition coefficient (Wildman–Crippen LogP) is 4.86. The molecule has 2 aliphatic rings. The number of alkyl halides is 3. The van der Waals surface area contributed by atoms with Crippen LogP contribution in [0.25, 0.3) is 0 Å². The van der Waals surface area contributed by atoms with Gasteiger partial charge in [0.1, 0.15) is 5.60 Å². The Labute approximate surface area is 196 Å². The largest absolute Gasteiger partial charge is 0.490 e. The van der Waals surface area contributed by atoms with Gasteiger partial charge in [-0.15, -0.1) is 11.3 Å². The van der Waals surface area contributed by atoms with Gasteiger partial charge >= 0.3 is 12.1 Å². The van der Waals surface area contributed by atoms with Crippen molar-refractivity contribution in [2.45, 2.75) is 76.7 Å². The van der Waals surface area contributed by atoms with Crippen molar-refractivity contribution in [1.82, 2.24) is 14.7 Å². The van der Waals surface area contributed by atoms with E-state index in [1.165, 1.54) is 15.3 Å². The van der Waals surface area contributed by atoms with E-state index in [0.29, 0.717) is 6.04 Å². The third kappa shape index (κ3) is 5.96. The second-order valence-corrected chi connectivity index (χ2v) is 11.0. The number of ether oxygens (including phenoxy) is 1. The average molecular weight is 488 g/mol. The van der Waals surface area contributed by atoms with Gasteiger partial charge in [-0.2, -0.15) is 18.3 Å². The normalized spacial score (nSPS) is 23.7. The molecule has 33 heavy (non-hydrogen) atoms. The first-order chi connectivity index (χ1) is 15.2. The Hall–Kier alpha value is -1.91. The molecule has 1 saturated heterocycles. The Morgan fingerprint density at radius 2 is 2.03 bits per heavy atom. The standard InChI is InChI=1S/C21H31N3OS.C2HF3O2/c1-15-11-21(7-8-24(15)14-16-12-22-23(5)13-16)19-17(6-9-25-21)10-18(26-19)20(2,3)4;3-2(4,5)1(6)7/h10,12-13,15H,6-9,11,14H2,1-5H3;(H,6,7)/t15-,21+;/m0./s1. The van der Waals surface area contributed by atoms with Gasteiger partial charge in [-0.1, -0.05) is 20.8 Å². The van der Waals surface area contributed by atoms with Gasteiger partial charge in [0.2, 0.25) is 0 Å². The van der Waals surface area contributed by atoms with Gasteiger partial charge < -0.3 is 9.84 Å². The van der Waals surface area contributed by atoms with Crippen LogP contribution in [0.4, 0.5) is 13.2 Å². The van der Waals surface area contributed by atoms with Gasteiger partial charge in [0.05, 0.1) is 12.8 Å². The summed E-state index contributed by atoms with van der Waals surface area (Å²) in [5, 5.41) is 11.4. The lowest BCUT2D eigenvalue weighted by molar-refractivity contribution is -0.192. The van der Waals surface area contributed by atoms with E-state index in [1.807, 2.05) is 29.3 Å². The van der Waals surface area contributed by atoms with Crippen molar-refractivity contribution in [3.63, 3.8) is 0 Å². The lowest BCUT2D eigenvalue weighted by Crippen LogP contribution is -2.49.